The minimum atomic E-state index is -0.311. The lowest BCUT2D eigenvalue weighted by atomic mass is 10.1. The van der Waals surface area contributed by atoms with Crippen LogP contribution in [0.3, 0.4) is 0 Å². The van der Waals surface area contributed by atoms with E-state index in [0.717, 1.165) is 5.69 Å². The number of carbonyl (C=O) groups is 2. The molecule has 24 heavy (non-hydrogen) atoms. The van der Waals surface area contributed by atoms with E-state index < -0.39 is 0 Å². The molecule has 0 saturated heterocycles. The number of carbonyl (C=O) groups excluding carboxylic acids is 2. The molecular formula is C19H18N2O3. The zero-order valence-electron chi connectivity index (χ0n) is 13.4. The van der Waals surface area contributed by atoms with Gasteiger partial charge in [-0.05, 0) is 55.5 Å². The highest BCUT2D eigenvalue weighted by molar-refractivity contribution is 6.08. The number of nitrogens with one attached hydrogen (secondary N) is 1. The van der Waals surface area contributed by atoms with Crippen LogP contribution in [-0.2, 0) is 16.0 Å². The number of H-pyrrole nitrogens is 1. The highest BCUT2D eigenvalue weighted by Crippen LogP contribution is 2.14. The topological polar surface area (TPSA) is 64.1 Å². The molecule has 5 heteroatoms. The first-order valence-corrected chi connectivity index (χ1v) is 7.79. The van der Waals surface area contributed by atoms with Crippen LogP contribution in [0.5, 0.6) is 0 Å². The van der Waals surface area contributed by atoms with Crippen molar-refractivity contribution < 1.29 is 14.3 Å². The third-order valence-electron chi connectivity index (χ3n) is 3.66. The van der Waals surface area contributed by atoms with E-state index in [4.69, 9.17) is 4.74 Å². The van der Waals surface area contributed by atoms with Gasteiger partial charge in [-0.15, -0.1) is 0 Å². The largest absolute Gasteiger partial charge is 0.466 e. The fourth-order valence-electron chi connectivity index (χ4n) is 2.49. The molecule has 5 nitrogen and oxygen atoms in total. The molecule has 0 aliphatic heterocycles. The molecule has 0 fully saturated rings. The smallest absolute Gasteiger partial charge is 0.311 e. The number of aromatic nitrogens is 2. The third kappa shape index (κ3) is 3.46. The lowest BCUT2D eigenvalue weighted by Crippen LogP contribution is -2.08. The number of ketones is 1. The van der Waals surface area contributed by atoms with Crippen molar-refractivity contribution in [3.8, 4) is 5.69 Å². The zero-order valence-corrected chi connectivity index (χ0v) is 13.4. The Kier molecular flexibility index (Phi) is 4.61. The molecule has 3 rings (SSSR count). The summed E-state index contributed by atoms with van der Waals surface area (Å²) in [7, 11) is 0. The molecule has 0 unspecified atom stereocenters. The van der Waals surface area contributed by atoms with Gasteiger partial charge in [0.1, 0.15) is 0 Å². The number of nitrogens with zero attached hydrogens (tertiary/aromatic N) is 1. The van der Waals surface area contributed by atoms with E-state index in [9.17, 15) is 9.59 Å². The minimum absolute atomic E-state index is 0.107. The van der Waals surface area contributed by atoms with Crippen LogP contribution in [0.2, 0.25) is 0 Å². The third-order valence-corrected chi connectivity index (χ3v) is 3.66. The van der Waals surface area contributed by atoms with Crippen LogP contribution in [0.25, 0.3) is 5.69 Å². The summed E-state index contributed by atoms with van der Waals surface area (Å²) < 4.78 is 6.88. The second kappa shape index (κ2) is 7.00. The summed E-state index contributed by atoms with van der Waals surface area (Å²) in [5, 5.41) is 0. The van der Waals surface area contributed by atoms with Crippen LogP contribution in [0.1, 0.15) is 28.7 Å². The number of esters is 1. The highest BCUT2D eigenvalue weighted by atomic mass is 16.5. The number of aromatic amines is 1. The van der Waals surface area contributed by atoms with Gasteiger partial charge in [-0.25, -0.2) is 0 Å². The van der Waals surface area contributed by atoms with Crippen LogP contribution in [0.15, 0.2) is 60.9 Å². The molecule has 0 aliphatic carbocycles. The molecule has 2 heterocycles. The van der Waals surface area contributed by atoms with Crippen LogP contribution >= 0.6 is 0 Å². The maximum Gasteiger partial charge on any atom is 0.311 e. The van der Waals surface area contributed by atoms with E-state index in [0.29, 0.717) is 23.6 Å². The maximum atomic E-state index is 12.5. The summed E-state index contributed by atoms with van der Waals surface area (Å²) >= 11 is 0. The van der Waals surface area contributed by atoms with E-state index in [1.165, 1.54) is 0 Å². The van der Waals surface area contributed by atoms with Gasteiger partial charge in [0.05, 0.1) is 18.7 Å². The van der Waals surface area contributed by atoms with E-state index in [1.807, 2.05) is 41.2 Å². The van der Waals surface area contributed by atoms with E-state index in [1.54, 1.807) is 31.2 Å². The molecule has 2 aromatic heterocycles. The summed E-state index contributed by atoms with van der Waals surface area (Å²) in [4.78, 5) is 27.0. The Balaban J connectivity index is 1.72. The fourth-order valence-corrected chi connectivity index (χ4v) is 2.49. The van der Waals surface area contributed by atoms with Crippen LogP contribution in [0.4, 0.5) is 0 Å². The molecule has 0 spiro atoms. The first-order valence-electron chi connectivity index (χ1n) is 7.79. The van der Waals surface area contributed by atoms with Gasteiger partial charge in [0.15, 0.2) is 0 Å². The fraction of sp³-hybridized carbons (Fsp3) is 0.158. The lowest BCUT2D eigenvalue weighted by molar-refractivity contribution is -0.142. The van der Waals surface area contributed by atoms with Gasteiger partial charge >= 0.3 is 5.97 Å². The monoisotopic (exact) mass is 322 g/mol. The number of hydrogen-bond acceptors (Lipinski definition) is 3. The van der Waals surface area contributed by atoms with Crippen molar-refractivity contribution in [2.45, 2.75) is 13.3 Å². The van der Waals surface area contributed by atoms with Crippen LogP contribution < -0.4 is 0 Å². The van der Waals surface area contributed by atoms with Gasteiger partial charge < -0.3 is 14.3 Å². The Labute approximate surface area is 139 Å². The normalized spacial score (nSPS) is 10.5. The first kappa shape index (κ1) is 15.8. The molecule has 3 aromatic rings. The van der Waals surface area contributed by atoms with Crippen molar-refractivity contribution in [3.63, 3.8) is 0 Å². The van der Waals surface area contributed by atoms with Crippen molar-refractivity contribution in [3.05, 3.63) is 77.9 Å². The van der Waals surface area contributed by atoms with Gasteiger partial charge in [0, 0.05) is 29.3 Å². The van der Waals surface area contributed by atoms with Gasteiger partial charge in [-0.2, -0.15) is 0 Å². The predicted octanol–water partition coefficient (Wildman–Crippen LogP) is 3.14. The quantitative estimate of drug-likeness (QED) is 0.560. The van der Waals surface area contributed by atoms with Gasteiger partial charge in [-0.1, -0.05) is 0 Å². The van der Waals surface area contributed by atoms with Crippen LogP contribution in [0, 0.1) is 0 Å². The van der Waals surface area contributed by atoms with Gasteiger partial charge in [0.2, 0.25) is 5.78 Å². The number of ether oxygens (including phenoxy) is 1. The van der Waals surface area contributed by atoms with Crippen molar-refractivity contribution in [1.82, 2.24) is 9.55 Å². The highest BCUT2D eigenvalue weighted by Gasteiger charge is 2.13. The number of hydrogen-bond donors (Lipinski definition) is 1. The standard InChI is InChI=1S/C19H18N2O3/c1-2-24-18(22)13-15-7-10-17(20-15)19(23)14-5-8-16(9-6-14)21-11-3-4-12-21/h3-12,20H,2,13H2,1H3. The van der Waals surface area contributed by atoms with Crippen LogP contribution in [-0.4, -0.2) is 27.9 Å². The molecule has 0 atom stereocenters. The Hall–Kier alpha value is -3.08. The van der Waals surface area contributed by atoms with E-state index in [2.05, 4.69) is 4.98 Å². The number of benzene rings is 1. The van der Waals surface area contributed by atoms with Crippen molar-refractivity contribution in [2.75, 3.05) is 6.61 Å². The average Bonchev–Trinajstić information content (AvgIpc) is 3.26. The molecule has 0 bridgehead atoms. The second-order valence-electron chi connectivity index (χ2n) is 5.35. The average molecular weight is 322 g/mol. The molecule has 1 aromatic carbocycles. The van der Waals surface area contributed by atoms with Crippen molar-refractivity contribution in [1.29, 1.82) is 0 Å². The van der Waals surface area contributed by atoms with Crippen molar-refractivity contribution in [2.24, 2.45) is 0 Å². The molecule has 0 aliphatic rings. The molecule has 1 N–H and O–H groups in total. The molecule has 0 saturated carbocycles. The SMILES string of the molecule is CCOC(=O)Cc1ccc(C(=O)c2ccc(-n3cccc3)cc2)[nH]1. The Morgan fingerprint density at radius 2 is 1.75 bits per heavy atom. The molecule has 122 valence electrons. The Morgan fingerprint density at radius 1 is 1.04 bits per heavy atom. The Bertz CT molecular complexity index is 830. The van der Waals surface area contributed by atoms with E-state index >= 15 is 0 Å². The molecular weight excluding hydrogens is 304 g/mol. The summed E-state index contributed by atoms with van der Waals surface area (Å²) in [6, 6.07) is 14.7. The summed E-state index contributed by atoms with van der Waals surface area (Å²) in [6.07, 6.45) is 4.03. The summed E-state index contributed by atoms with van der Waals surface area (Å²) in [5.74, 6) is -0.418. The van der Waals surface area contributed by atoms with Gasteiger partial charge in [0.25, 0.3) is 0 Å². The number of rotatable bonds is 6. The van der Waals surface area contributed by atoms with E-state index in [-0.39, 0.29) is 18.2 Å². The molecule has 0 radical (unpaired) electrons. The summed E-state index contributed by atoms with van der Waals surface area (Å²) in [5.41, 5.74) is 2.71. The predicted molar refractivity (Wildman–Crippen MR) is 90.3 cm³/mol. The van der Waals surface area contributed by atoms with Crippen molar-refractivity contribution >= 4 is 11.8 Å². The maximum absolute atomic E-state index is 12.5. The second-order valence-corrected chi connectivity index (χ2v) is 5.35. The lowest BCUT2D eigenvalue weighted by Gasteiger charge is -2.04. The minimum Gasteiger partial charge on any atom is -0.466 e. The van der Waals surface area contributed by atoms with Gasteiger partial charge in [-0.3, -0.25) is 9.59 Å². The zero-order chi connectivity index (χ0) is 16.9. The Morgan fingerprint density at radius 3 is 2.42 bits per heavy atom. The molecule has 0 amide bonds. The summed E-state index contributed by atoms with van der Waals surface area (Å²) in [6.45, 7) is 2.11. The first-order chi connectivity index (χ1) is 11.7.